The molecule has 1 N–H and O–H groups in total. The molecule has 6 rings (SSSR count). The number of carbonyl (C=O) groups excluding carboxylic acids is 1. The Balaban J connectivity index is 1.42. The second kappa shape index (κ2) is 5.71. The molecule has 6 nitrogen and oxygen atoms in total. The summed E-state index contributed by atoms with van der Waals surface area (Å²) in [5.74, 6) is -0.686. The molecule has 1 atom stereocenters. The van der Waals surface area contributed by atoms with E-state index in [1.54, 1.807) is 24.3 Å². The van der Waals surface area contributed by atoms with E-state index in [1.807, 2.05) is 6.07 Å². The standard InChI is InChI=1S/C21H13F3N2O4/c22-21(23,24)17-5-4-10(30-17)8-26-14-3-1-2-12-19(14)18(20(26)27)11-6-15-16(29-9-28-15)7-13(11)25-12/h1-7,18,25H,8-9H2. The Morgan fingerprint density at radius 1 is 1.07 bits per heavy atom. The van der Waals surface area contributed by atoms with Gasteiger partial charge in [-0.15, -0.1) is 0 Å². The third-order valence-electron chi connectivity index (χ3n) is 5.56. The van der Waals surface area contributed by atoms with Crippen molar-refractivity contribution in [2.45, 2.75) is 18.6 Å². The molecule has 0 spiro atoms. The van der Waals surface area contributed by atoms with Gasteiger partial charge in [0, 0.05) is 23.0 Å². The van der Waals surface area contributed by atoms with Crippen molar-refractivity contribution in [2.75, 3.05) is 17.0 Å². The number of halogens is 3. The summed E-state index contributed by atoms with van der Waals surface area (Å²) in [6.07, 6.45) is -4.57. The zero-order valence-corrected chi connectivity index (χ0v) is 15.2. The van der Waals surface area contributed by atoms with Gasteiger partial charge in [-0.25, -0.2) is 0 Å². The van der Waals surface area contributed by atoms with Crippen molar-refractivity contribution in [3.63, 3.8) is 0 Å². The smallest absolute Gasteiger partial charge is 0.449 e. The summed E-state index contributed by atoms with van der Waals surface area (Å²) in [7, 11) is 0. The quantitative estimate of drug-likeness (QED) is 0.655. The minimum atomic E-state index is -4.57. The number of benzene rings is 2. The van der Waals surface area contributed by atoms with Crippen LogP contribution in [0.3, 0.4) is 0 Å². The molecule has 152 valence electrons. The number of hydrogen-bond donors (Lipinski definition) is 1. The summed E-state index contributed by atoms with van der Waals surface area (Å²) in [5.41, 5.74) is 3.68. The largest absolute Gasteiger partial charge is 0.455 e. The Bertz CT molecular complexity index is 1220. The first kappa shape index (κ1) is 17.3. The zero-order valence-electron chi connectivity index (χ0n) is 15.2. The van der Waals surface area contributed by atoms with Crippen LogP contribution in [0, 0.1) is 0 Å². The van der Waals surface area contributed by atoms with Crippen molar-refractivity contribution in [2.24, 2.45) is 0 Å². The minimum absolute atomic E-state index is 0.0609. The van der Waals surface area contributed by atoms with Crippen molar-refractivity contribution in [1.82, 2.24) is 0 Å². The SMILES string of the molecule is O=C1C2c3cc4c(cc3Nc3cccc(c32)N1Cc1ccc(C(F)(F)F)o1)OCO4. The van der Waals surface area contributed by atoms with E-state index in [9.17, 15) is 18.0 Å². The number of alkyl halides is 3. The highest BCUT2D eigenvalue weighted by Crippen LogP contribution is 2.53. The third kappa shape index (κ3) is 2.35. The molecule has 0 radical (unpaired) electrons. The average Bonchev–Trinajstić information content (AvgIpc) is 3.41. The zero-order chi connectivity index (χ0) is 20.6. The van der Waals surface area contributed by atoms with Crippen LogP contribution < -0.4 is 19.7 Å². The van der Waals surface area contributed by atoms with E-state index in [1.165, 1.54) is 11.0 Å². The second-order valence-electron chi connectivity index (χ2n) is 7.28. The molecule has 0 saturated heterocycles. The molecule has 0 saturated carbocycles. The van der Waals surface area contributed by atoms with E-state index in [0.29, 0.717) is 17.2 Å². The van der Waals surface area contributed by atoms with E-state index in [4.69, 9.17) is 13.9 Å². The normalized spacial score (nSPS) is 18.3. The Morgan fingerprint density at radius 2 is 1.87 bits per heavy atom. The molecular formula is C21H13F3N2O4. The molecule has 30 heavy (non-hydrogen) atoms. The van der Waals surface area contributed by atoms with Crippen LogP contribution in [0.15, 0.2) is 46.9 Å². The number of carbonyl (C=O) groups is 1. The molecule has 4 heterocycles. The lowest BCUT2D eigenvalue weighted by atomic mass is 9.86. The Morgan fingerprint density at radius 3 is 2.63 bits per heavy atom. The summed E-state index contributed by atoms with van der Waals surface area (Å²) in [6, 6.07) is 11.1. The monoisotopic (exact) mass is 414 g/mol. The summed E-state index contributed by atoms with van der Waals surface area (Å²) in [4.78, 5) is 14.9. The van der Waals surface area contributed by atoms with Crippen molar-refractivity contribution in [3.05, 3.63) is 65.1 Å². The fourth-order valence-electron chi connectivity index (χ4n) is 4.27. The van der Waals surface area contributed by atoms with E-state index in [0.717, 1.165) is 28.6 Å². The first-order valence-corrected chi connectivity index (χ1v) is 9.21. The van der Waals surface area contributed by atoms with Gasteiger partial charge in [-0.05, 0) is 35.9 Å². The number of ether oxygens (including phenoxy) is 2. The number of furan rings is 1. The second-order valence-corrected chi connectivity index (χ2v) is 7.28. The highest BCUT2D eigenvalue weighted by atomic mass is 19.4. The first-order chi connectivity index (χ1) is 14.4. The van der Waals surface area contributed by atoms with Crippen LogP contribution in [0.25, 0.3) is 0 Å². The van der Waals surface area contributed by atoms with Crippen molar-refractivity contribution in [3.8, 4) is 11.5 Å². The molecule has 1 aromatic heterocycles. The third-order valence-corrected chi connectivity index (χ3v) is 5.56. The number of amides is 1. The summed E-state index contributed by atoms with van der Waals surface area (Å²) in [6.45, 7) is 0.0168. The van der Waals surface area contributed by atoms with Gasteiger partial charge in [-0.1, -0.05) is 6.07 Å². The van der Waals surface area contributed by atoms with Crippen LogP contribution >= 0.6 is 0 Å². The summed E-state index contributed by atoms with van der Waals surface area (Å²) < 4.78 is 54.5. The minimum Gasteiger partial charge on any atom is -0.455 e. The lowest BCUT2D eigenvalue weighted by Gasteiger charge is -2.24. The topological polar surface area (TPSA) is 63.9 Å². The molecule has 0 aliphatic carbocycles. The Hall–Kier alpha value is -3.62. The van der Waals surface area contributed by atoms with Gasteiger partial charge in [0.15, 0.2) is 11.5 Å². The van der Waals surface area contributed by atoms with Crippen LogP contribution in [-0.4, -0.2) is 12.7 Å². The number of hydrogen-bond acceptors (Lipinski definition) is 5. The van der Waals surface area contributed by atoms with Gasteiger partial charge in [0.2, 0.25) is 18.5 Å². The number of nitrogens with zero attached hydrogens (tertiary/aromatic N) is 1. The molecule has 2 aromatic carbocycles. The molecule has 0 fully saturated rings. The van der Waals surface area contributed by atoms with Crippen LogP contribution in [0.4, 0.5) is 30.2 Å². The van der Waals surface area contributed by atoms with E-state index in [2.05, 4.69) is 5.32 Å². The van der Waals surface area contributed by atoms with Gasteiger partial charge in [0.05, 0.1) is 18.2 Å². The van der Waals surface area contributed by atoms with E-state index >= 15 is 0 Å². The summed E-state index contributed by atoms with van der Waals surface area (Å²) in [5, 5.41) is 3.32. The molecule has 9 heteroatoms. The van der Waals surface area contributed by atoms with Gasteiger partial charge in [0.1, 0.15) is 5.76 Å². The fourth-order valence-corrected chi connectivity index (χ4v) is 4.27. The molecule has 3 aromatic rings. The van der Waals surface area contributed by atoms with Crippen LogP contribution in [0.1, 0.15) is 28.6 Å². The molecule has 0 bridgehead atoms. The van der Waals surface area contributed by atoms with Gasteiger partial charge < -0.3 is 24.1 Å². The predicted molar refractivity (Wildman–Crippen MR) is 99.0 cm³/mol. The maximum Gasteiger partial charge on any atom is 0.449 e. The molecule has 3 aliphatic heterocycles. The lowest BCUT2D eigenvalue weighted by Crippen LogP contribution is -2.29. The molecule has 1 unspecified atom stereocenters. The first-order valence-electron chi connectivity index (χ1n) is 9.21. The Kier molecular flexibility index (Phi) is 3.29. The molecule has 3 aliphatic rings. The van der Waals surface area contributed by atoms with Crippen LogP contribution in [-0.2, 0) is 17.5 Å². The number of fused-ring (bicyclic) bond motifs is 3. The fraction of sp³-hybridized carbons (Fsp3) is 0.190. The number of anilines is 3. The average molecular weight is 414 g/mol. The van der Waals surface area contributed by atoms with Gasteiger partial charge >= 0.3 is 6.18 Å². The van der Waals surface area contributed by atoms with E-state index < -0.39 is 17.9 Å². The van der Waals surface area contributed by atoms with Gasteiger partial charge in [0.25, 0.3) is 0 Å². The summed E-state index contributed by atoms with van der Waals surface area (Å²) >= 11 is 0. The lowest BCUT2D eigenvalue weighted by molar-refractivity contribution is -0.153. The van der Waals surface area contributed by atoms with Crippen molar-refractivity contribution in [1.29, 1.82) is 0 Å². The van der Waals surface area contributed by atoms with E-state index in [-0.39, 0.29) is 25.0 Å². The van der Waals surface area contributed by atoms with Crippen molar-refractivity contribution < 1.29 is 31.9 Å². The van der Waals surface area contributed by atoms with Crippen LogP contribution in [0.2, 0.25) is 0 Å². The van der Waals surface area contributed by atoms with Gasteiger partial charge in [-0.3, -0.25) is 4.79 Å². The van der Waals surface area contributed by atoms with Gasteiger partial charge in [-0.2, -0.15) is 13.2 Å². The molecular weight excluding hydrogens is 401 g/mol. The van der Waals surface area contributed by atoms with Crippen LogP contribution in [0.5, 0.6) is 11.5 Å². The maximum absolute atomic E-state index is 13.4. The highest BCUT2D eigenvalue weighted by Gasteiger charge is 2.44. The van der Waals surface area contributed by atoms with Crippen molar-refractivity contribution >= 4 is 23.0 Å². The number of nitrogens with one attached hydrogen (secondary N) is 1. The maximum atomic E-state index is 13.4. The number of rotatable bonds is 2. The predicted octanol–water partition coefficient (Wildman–Crippen LogP) is 4.76. The molecule has 1 amide bonds. The Labute approximate surface area is 167 Å². The highest BCUT2D eigenvalue weighted by molar-refractivity contribution is 6.11.